The molecular weight excluding hydrogens is 304 g/mol. The second-order valence-corrected chi connectivity index (χ2v) is 6.12. The third-order valence-corrected chi connectivity index (χ3v) is 4.23. The first-order valence-corrected chi connectivity index (χ1v) is 7.85. The fraction of sp³-hybridized carbons (Fsp3) is 0.562. The van der Waals surface area contributed by atoms with Crippen LogP contribution in [0, 0.1) is 6.92 Å². The SMILES string of the molecule is Cc1ccc(C(=O)N(C)CC(O)CN2CCOCC2)cc1Cl. The second kappa shape index (κ2) is 7.92. The van der Waals surface area contributed by atoms with Gasteiger partial charge in [0.05, 0.1) is 19.3 Å². The van der Waals surface area contributed by atoms with E-state index >= 15 is 0 Å². The molecule has 1 aliphatic rings. The summed E-state index contributed by atoms with van der Waals surface area (Å²) in [6.45, 7) is 5.78. The molecular formula is C16H23ClN2O3. The summed E-state index contributed by atoms with van der Waals surface area (Å²) in [5.74, 6) is -0.136. The van der Waals surface area contributed by atoms with Crippen molar-refractivity contribution in [3.8, 4) is 0 Å². The molecule has 0 spiro atoms. The molecule has 1 aromatic rings. The van der Waals surface area contributed by atoms with Crippen LogP contribution in [0.2, 0.25) is 5.02 Å². The fourth-order valence-corrected chi connectivity index (χ4v) is 2.67. The van der Waals surface area contributed by atoms with Crippen LogP contribution in [-0.4, -0.2) is 73.4 Å². The predicted octanol–water partition coefficient (Wildman–Crippen LogP) is 1.41. The van der Waals surface area contributed by atoms with Gasteiger partial charge in [-0.05, 0) is 24.6 Å². The zero-order valence-corrected chi connectivity index (χ0v) is 13.8. The lowest BCUT2D eigenvalue weighted by Gasteiger charge is -2.30. The number of amides is 1. The molecule has 1 amide bonds. The molecule has 0 bridgehead atoms. The molecule has 1 aromatic carbocycles. The highest BCUT2D eigenvalue weighted by molar-refractivity contribution is 6.31. The number of carbonyl (C=O) groups excluding carboxylic acids is 1. The Kier molecular flexibility index (Phi) is 6.20. The first-order chi connectivity index (χ1) is 10.5. The van der Waals surface area contributed by atoms with Crippen molar-refractivity contribution in [3.63, 3.8) is 0 Å². The number of aliphatic hydroxyl groups is 1. The molecule has 1 N–H and O–H groups in total. The van der Waals surface area contributed by atoms with Crippen molar-refractivity contribution >= 4 is 17.5 Å². The normalized spacial score (nSPS) is 17.3. The summed E-state index contributed by atoms with van der Waals surface area (Å²) in [4.78, 5) is 16.0. The van der Waals surface area contributed by atoms with E-state index in [1.807, 2.05) is 13.0 Å². The van der Waals surface area contributed by atoms with Gasteiger partial charge in [-0.3, -0.25) is 9.69 Å². The Morgan fingerprint density at radius 3 is 2.77 bits per heavy atom. The van der Waals surface area contributed by atoms with Crippen LogP contribution < -0.4 is 0 Å². The molecule has 1 heterocycles. The molecule has 1 saturated heterocycles. The highest BCUT2D eigenvalue weighted by Gasteiger charge is 2.19. The van der Waals surface area contributed by atoms with Crippen molar-refractivity contribution in [2.45, 2.75) is 13.0 Å². The first-order valence-electron chi connectivity index (χ1n) is 7.47. The standard InChI is InChI=1S/C16H23ClN2O3/c1-12-3-4-13(9-15(12)17)16(21)18(2)10-14(20)11-19-5-7-22-8-6-19/h3-4,9,14,20H,5-8,10-11H2,1-2H3. The Balaban J connectivity index is 1.88. The number of likely N-dealkylation sites (N-methyl/N-ethyl adjacent to an activating group) is 1. The molecule has 0 saturated carbocycles. The van der Waals surface area contributed by atoms with E-state index in [9.17, 15) is 9.90 Å². The largest absolute Gasteiger partial charge is 0.390 e. The van der Waals surface area contributed by atoms with E-state index < -0.39 is 6.10 Å². The predicted molar refractivity (Wildman–Crippen MR) is 86.4 cm³/mol. The molecule has 22 heavy (non-hydrogen) atoms. The van der Waals surface area contributed by atoms with Gasteiger partial charge in [-0.1, -0.05) is 17.7 Å². The minimum Gasteiger partial charge on any atom is -0.390 e. The van der Waals surface area contributed by atoms with E-state index in [0.29, 0.717) is 36.9 Å². The zero-order chi connectivity index (χ0) is 16.1. The Labute approximate surface area is 136 Å². The number of aryl methyl sites for hydroxylation is 1. The molecule has 1 unspecified atom stereocenters. The summed E-state index contributed by atoms with van der Waals surface area (Å²) in [5.41, 5.74) is 1.48. The number of carbonyl (C=O) groups is 1. The lowest BCUT2D eigenvalue weighted by molar-refractivity contribution is 0.00879. The number of rotatable bonds is 5. The van der Waals surface area contributed by atoms with Crippen LogP contribution >= 0.6 is 11.6 Å². The van der Waals surface area contributed by atoms with Crippen molar-refractivity contribution in [2.75, 3.05) is 46.4 Å². The van der Waals surface area contributed by atoms with Crippen LogP contribution in [0.1, 0.15) is 15.9 Å². The van der Waals surface area contributed by atoms with E-state index in [1.54, 1.807) is 19.2 Å². The van der Waals surface area contributed by atoms with E-state index in [2.05, 4.69) is 4.90 Å². The molecule has 0 aromatic heterocycles. The number of aliphatic hydroxyl groups excluding tert-OH is 1. The van der Waals surface area contributed by atoms with Crippen LogP contribution in [0.4, 0.5) is 0 Å². The Bertz CT molecular complexity index is 518. The monoisotopic (exact) mass is 326 g/mol. The van der Waals surface area contributed by atoms with E-state index in [4.69, 9.17) is 16.3 Å². The maximum atomic E-state index is 12.4. The molecule has 0 aliphatic carbocycles. The third-order valence-electron chi connectivity index (χ3n) is 3.82. The molecule has 6 heteroatoms. The number of halogens is 1. The summed E-state index contributed by atoms with van der Waals surface area (Å²) in [6, 6.07) is 5.26. The summed E-state index contributed by atoms with van der Waals surface area (Å²) in [6.07, 6.45) is -0.576. The van der Waals surface area contributed by atoms with Crippen LogP contribution in [-0.2, 0) is 4.74 Å². The minimum atomic E-state index is -0.576. The summed E-state index contributed by atoms with van der Waals surface area (Å²) in [7, 11) is 1.69. The molecule has 5 nitrogen and oxygen atoms in total. The van der Waals surface area contributed by atoms with Gasteiger partial charge in [-0.2, -0.15) is 0 Å². The maximum Gasteiger partial charge on any atom is 0.253 e. The van der Waals surface area contributed by atoms with Gasteiger partial charge in [0, 0.05) is 43.8 Å². The molecule has 0 radical (unpaired) electrons. The molecule has 1 atom stereocenters. The van der Waals surface area contributed by atoms with E-state index in [-0.39, 0.29) is 5.91 Å². The van der Waals surface area contributed by atoms with Gasteiger partial charge in [-0.15, -0.1) is 0 Å². The highest BCUT2D eigenvalue weighted by Crippen LogP contribution is 2.17. The van der Waals surface area contributed by atoms with Gasteiger partial charge < -0.3 is 14.7 Å². The number of β-amino-alcohol motifs (C(OH)–C–C–N with tert-alkyl or cyclic N) is 1. The molecule has 1 fully saturated rings. The first kappa shape index (κ1) is 17.2. The summed E-state index contributed by atoms with van der Waals surface area (Å²) in [5, 5.41) is 10.7. The Morgan fingerprint density at radius 2 is 2.14 bits per heavy atom. The van der Waals surface area contributed by atoms with Crippen molar-refractivity contribution in [1.82, 2.24) is 9.80 Å². The number of hydrogen-bond donors (Lipinski definition) is 1. The second-order valence-electron chi connectivity index (χ2n) is 5.72. The van der Waals surface area contributed by atoms with Crippen molar-refractivity contribution in [1.29, 1.82) is 0 Å². The Morgan fingerprint density at radius 1 is 1.45 bits per heavy atom. The van der Waals surface area contributed by atoms with Crippen LogP contribution in [0.15, 0.2) is 18.2 Å². The van der Waals surface area contributed by atoms with E-state index in [0.717, 1.165) is 18.7 Å². The van der Waals surface area contributed by atoms with Gasteiger partial charge in [0.1, 0.15) is 0 Å². The number of ether oxygens (including phenoxy) is 1. The maximum absolute atomic E-state index is 12.4. The smallest absolute Gasteiger partial charge is 0.253 e. The lowest BCUT2D eigenvalue weighted by Crippen LogP contribution is -2.45. The number of hydrogen-bond acceptors (Lipinski definition) is 4. The quantitative estimate of drug-likeness (QED) is 0.889. The summed E-state index contributed by atoms with van der Waals surface area (Å²) < 4.78 is 5.28. The van der Waals surface area contributed by atoms with Crippen LogP contribution in [0.5, 0.6) is 0 Å². The highest BCUT2D eigenvalue weighted by atomic mass is 35.5. The van der Waals surface area contributed by atoms with Crippen LogP contribution in [0.25, 0.3) is 0 Å². The van der Waals surface area contributed by atoms with Gasteiger partial charge >= 0.3 is 0 Å². The Hall–Kier alpha value is -1.14. The fourth-order valence-electron chi connectivity index (χ4n) is 2.48. The third kappa shape index (κ3) is 4.68. The van der Waals surface area contributed by atoms with Crippen molar-refractivity contribution in [3.05, 3.63) is 34.3 Å². The van der Waals surface area contributed by atoms with Gasteiger partial charge in [0.2, 0.25) is 0 Å². The number of morpholine rings is 1. The number of nitrogens with zero attached hydrogens (tertiary/aromatic N) is 2. The topological polar surface area (TPSA) is 53.0 Å². The number of benzene rings is 1. The lowest BCUT2D eigenvalue weighted by atomic mass is 10.1. The molecule has 1 aliphatic heterocycles. The zero-order valence-electron chi connectivity index (χ0n) is 13.1. The average Bonchev–Trinajstić information content (AvgIpc) is 2.50. The summed E-state index contributed by atoms with van der Waals surface area (Å²) >= 11 is 6.06. The molecule has 2 rings (SSSR count). The van der Waals surface area contributed by atoms with Gasteiger partial charge in [-0.25, -0.2) is 0 Å². The molecule has 122 valence electrons. The van der Waals surface area contributed by atoms with Gasteiger partial charge in [0.15, 0.2) is 0 Å². The average molecular weight is 327 g/mol. The van der Waals surface area contributed by atoms with Gasteiger partial charge in [0.25, 0.3) is 5.91 Å². The minimum absolute atomic E-state index is 0.136. The van der Waals surface area contributed by atoms with E-state index in [1.165, 1.54) is 4.90 Å². The van der Waals surface area contributed by atoms with Crippen LogP contribution in [0.3, 0.4) is 0 Å². The van der Waals surface area contributed by atoms with Crippen molar-refractivity contribution < 1.29 is 14.6 Å². The van der Waals surface area contributed by atoms with Crippen molar-refractivity contribution in [2.24, 2.45) is 0 Å².